The molecule has 192 valence electrons. The first-order valence-corrected chi connectivity index (χ1v) is 13.2. The molecule has 1 fully saturated rings. The Bertz CT molecular complexity index is 1290. The van der Waals surface area contributed by atoms with Gasteiger partial charge in [-0.25, -0.2) is 4.98 Å². The number of thiazole rings is 1. The predicted octanol–water partition coefficient (Wildman–Crippen LogP) is 4.16. The molecule has 3 aromatic rings. The van der Waals surface area contributed by atoms with Crippen molar-refractivity contribution in [3.05, 3.63) is 70.5 Å². The summed E-state index contributed by atoms with van der Waals surface area (Å²) in [4.78, 5) is 22.3. The lowest BCUT2D eigenvalue weighted by Crippen LogP contribution is -2.36. The van der Waals surface area contributed by atoms with Crippen molar-refractivity contribution in [2.24, 2.45) is 0 Å². The SMILES string of the molecule is CN(c1ccc(S(=O)(=O)N(OC=O)c2cscn2)cc1C(F)(F)F)[C@H]1CCN(Cc2ccccc2)C1. The van der Waals surface area contributed by atoms with Crippen molar-refractivity contribution in [2.75, 3.05) is 29.5 Å². The van der Waals surface area contributed by atoms with Gasteiger partial charge in [-0.1, -0.05) is 34.8 Å². The number of likely N-dealkylation sites (tertiary alicyclic amines) is 1. The van der Waals surface area contributed by atoms with Gasteiger partial charge in [0, 0.05) is 43.8 Å². The van der Waals surface area contributed by atoms with E-state index in [1.807, 2.05) is 30.3 Å². The average molecular weight is 541 g/mol. The Hall–Kier alpha value is -3.16. The van der Waals surface area contributed by atoms with Crippen LogP contribution in [0.3, 0.4) is 0 Å². The molecule has 0 unspecified atom stereocenters. The van der Waals surface area contributed by atoms with E-state index in [-0.39, 0.29) is 28.5 Å². The van der Waals surface area contributed by atoms with Crippen LogP contribution >= 0.6 is 11.3 Å². The van der Waals surface area contributed by atoms with E-state index in [2.05, 4.69) is 14.7 Å². The molecule has 0 amide bonds. The second-order valence-electron chi connectivity index (χ2n) is 8.23. The van der Waals surface area contributed by atoms with Gasteiger partial charge in [0.25, 0.3) is 10.0 Å². The molecule has 0 N–H and O–H groups in total. The molecule has 1 saturated heterocycles. The number of sulfonamides is 1. The average Bonchev–Trinajstić information content (AvgIpc) is 3.54. The molecule has 0 saturated carbocycles. The van der Waals surface area contributed by atoms with Gasteiger partial charge in [-0.15, -0.1) is 11.3 Å². The Morgan fingerprint density at radius 2 is 1.97 bits per heavy atom. The van der Waals surface area contributed by atoms with Crippen molar-refractivity contribution in [3.8, 4) is 0 Å². The molecule has 36 heavy (non-hydrogen) atoms. The van der Waals surface area contributed by atoms with Crippen molar-refractivity contribution in [3.63, 3.8) is 0 Å². The van der Waals surface area contributed by atoms with Crippen molar-refractivity contribution in [1.82, 2.24) is 9.88 Å². The zero-order valence-electron chi connectivity index (χ0n) is 19.1. The molecule has 0 radical (unpaired) electrons. The number of alkyl halides is 3. The van der Waals surface area contributed by atoms with Gasteiger partial charge >= 0.3 is 12.6 Å². The van der Waals surface area contributed by atoms with Gasteiger partial charge in [0.15, 0.2) is 5.82 Å². The summed E-state index contributed by atoms with van der Waals surface area (Å²) in [5.41, 5.74) is 1.18. The highest BCUT2D eigenvalue weighted by atomic mass is 32.2. The van der Waals surface area contributed by atoms with E-state index in [0.717, 1.165) is 35.6 Å². The first-order valence-electron chi connectivity index (χ1n) is 10.9. The van der Waals surface area contributed by atoms with Crippen molar-refractivity contribution in [1.29, 1.82) is 0 Å². The third kappa shape index (κ3) is 5.47. The van der Waals surface area contributed by atoms with E-state index in [4.69, 9.17) is 0 Å². The highest BCUT2D eigenvalue weighted by Crippen LogP contribution is 2.40. The molecule has 1 aromatic heterocycles. The van der Waals surface area contributed by atoms with Crippen LogP contribution in [0.4, 0.5) is 24.7 Å². The molecule has 2 aromatic carbocycles. The number of aromatic nitrogens is 1. The van der Waals surface area contributed by atoms with Crippen molar-refractivity contribution in [2.45, 2.75) is 30.1 Å². The largest absolute Gasteiger partial charge is 0.418 e. The standard InChI is InChI=1S/C23H23F3N4O4S2/c1-28(18-9-10-29(13-18)12-17-5-3-2-4-6-17)21-8-7-19(11-20(21)23(24,25)26)36(32,33)30(34-16-31)22-14-35-15-27-22/h2-8,11,14-16,18H,9-10,12-13H2,1H3/t18-/m0/s1. The van der Waals surface area contributed by atoms with Crippen LogP contribution in [0, 0.1) is 0 Å². The maximum atomic E-state index is 14.1. The lowest BCUT2D eigenvalue weighted by atomic mass is 10.1. The van der Waals surface area contributed by atoms with Gasteiger partial charge in [0.2, 0.25) is 0 Å². The number of hydrogen-bond acceptors (Lipinski definition) is 8. The quantitative estimate of drug-likeness (QED) is 0.298. The summed E-state index contributed by atoms with van der Waals surface area (Å²) in [6.45, 7) is 1.85. The third-order valence-corrected chi connectivity index (χ3v) is 8.09. The number of hydrogen-bond donors (Lipinski definition) is 0. The lowest BCUT2D eigenvalue weighted by molar-refractivity contribution is -0.137. The molecule has 1 aliphatic heterocycles. The van der Waals surface area contributed by atoms with E-state index < -0.39 is 26.7 Å². The fourth-order valence-electron chi connectivity index (χ4n) is 4.19. The van der Waals surface area contributed by atoms with Crippen molar-refractivity contribution >= 4 is 39.3 Å². The van der Waals surface area contributed by atoms with Crippen LogP contribution in [-0.4, -0.2) is 51.0 Å². The van der Waals surface area contributed by atoms with E-state index in [0.29, 0.717) is 25.6 Å². The van der Waals surface area contributed by atoms with Crippen LogP contribution in [0.2, 0.25) is 0 Å². The fourth-order valence-corrected chi connectivity index (χ4v) is 5.95. The summed E-state index contributed by atoms with van der Waals surface area (Å²) in [6, 6.07) is 12.4. The molecule has 4 rings (SSSR count). The van der Waals surface area contributed by atoms with Gasteiger partial charge in [-0.2, -0.15) is 21.6 Å². The highest BCUT2D eigenvalue weighted by molar-refractivity contribution is 7.92. The van der Waals surface area contributed by atoms with Gasteiger partial charge < -0.3 is 9.74 Å². The Balaban J connectivity index is 1.61. The maximum Gasteiger partial charge on any atom is 0.418 e. The van der Waals surface area contributed by atoms with E-state index in [9.17, 15) is 26.4 Å². The second-order valence-corrected chi connectivity index (χ2v) is 10.7. The first-order chi connectivity index (χ1) is 17.1. The number of rotatable bonds is 9. The summed E-state index contributed by atoms with van der Waals surface area (Å²) >= 11 is 1.03. The first kappa shape index (κ1) is 25.9. The van der Waals surface area contributed by atoms with Gasteiger partial charge in [-0.05, 0) is 30.2 Å². The Kier molecular flexibility index (Phi) is 7.52. The Morgan fingerprint density at radius 1 is 1.22 bits per heavy atom. The number of benzene rings is 2. The molecule has 0 spiro atoms. The number of likely N-dealkylation sites (N-methyl/N-ethyl adjacent to an activating group) is 1. The number of anilines is 2. The van der Waals surface area contributed by atoms with Gasteiger partial charge in [0.1, 0.15) is 0 Å². The summed E-state index contributed by atoms with van der Waals surface area (Å²) in [7, 11) is -3.10. The van der Waals surface area contributed by atoms with Crippen LogP contribution < -0.4 is 9.37 Å². The van der Waals surface area contributed by atoms with E-state index >= 15 is 0 Å². The molecule has 13 heteroatoms. The van der Waals surface area contributed by atoms with E-state index in [1.54, 1.807) is 11.9 Å². The van der Waals surface area contributed by atoms with Gasteiger partial charge in [0.05, 0.1) is 16.0 Å². The maximum absolute atomic E-state index is 14.1. The normalized spacial score (nSPS) is 16.6. The van der Waals surface area contributed by atoms with Gasteiger partial charge in [-0.3, -0.25) is 9.69 Å². The Labute approximate surface area is 210 Å². The monoisotopic (exact) mass is 540 g/mol. The summed E-state index contributed by atoms with van der Waals surface area (Å²) in [5.74, 6) is -0.244. The fraction of sp³-hybridized carbons (Fsp3) is 0.304. The minimum absolute atomic E-state index is 0.134. The molecule has 2 heterocycles. The lowest BCUT2D eigenvalue weighted by Gasteiger charge is -2.30. The molecular formula is C23H23F3N4O4S2. The number of carbonyl (C=O) groups is 1. The van der Waals surface area contributed by atoms with Crippen LogP contribution in [-0.2, 0) is 32.4 Å². The zero-order valence-corrected chi connectivity index (χ0v) is 20.8. The van der Waals surface area contributed by atoms with E-state index in [1.165, 1.54) is 10.9 Å². The summed E-state index contributed by atoms with van der Waals surface area (Å²) < 4.78 is 68.7. The summed E-state index contributed by atoms with van der Waals surface area (Å²) in [6.07, 6.45) is -4.17. The van der Waals surface area contributed by atoms with Crippen LogP contribution in [0.5, 0.6) is 0 Å². The summed E-state index contributed by atoms with van der Waals surface area (Å²) in [5, 5.41) is 1.29. The third-order valence-electron chi connectivity index (χ3n) is 5.96. The predicted molar refractivity (Wildman–Crippen MR) is 129 cm³/mol. The smallest absolute Gasteiger partial charge is 0.370 e. The minimum atomic E-state index is -4.82. The van der Waals surface area contributed by atoms with Crippen molar-refractivity contribution < 1.29 is 31.2 Å². The molecular weight excluding hydrogens is 517 g/mol. The zero-order chi connectivity index (χ0) is 25.9. The number of nitrogens with zero attached hydrogens (tertiary/aromatic N) is 4. The molecule has 0 aliphatic carbocycles. The number of halogens is 3. The molecule has 8 nitrogen and oxygen atoms in total. The highest BCUT2D eigenvalue weighted by Gasteiger charge is 2.39. The Morgan fingerprint density at radius 3 is 2.61 bits per heavy atom. The van der Waals surface area contributed by atoms with Crippen LogP contribution in [0.15, 0.2) is 64.3 Å². The minimum Gasteiger partial charge on any atom is -0.370 e. The molecule has 1 atom stereocenters. The molecule has 0 bridgehead atoms. The second kappa shape index (κ2) is 10.4. The number of carbonyl (C=O) groups excluding carboxylic acids is 1. The van der Waals surface area contributed by atoms with Crippen LogP contribution in [0.1, 0.15) is 17.5 Å². The topological polar surface area (TPSA) is 83.1 Å². The van der Waals surface area contributed by atoms with Crippen LogP contribution in [0.25, 0.3) is 0 Å². The molecule has 1 aliphatic rings.